The monoisotopic (exact) mass is 387 g/mol. The molecule has 0 radical (unpaired) electrons. The van der Waals surface area contributed by atoms with Crippen molar-refractivity contribution in [2.75, 3.05) is 14.2 Å². The predicted octanol–water partition coefficient (Wildman–Crippen LogP) is 3.67. The third kappa shape index (κ3) is 3.57. The highest BCUT2D eigenvalue weighted by Gasteiger charge is 2.26. The summed E-state index contributed by atoms with van der Waals surface area (Å²) in [5.41, 5.74) is 3.70. The molecule has 0 saturated carbocycles. The van der Waals surface area contributed by atoms with Gasteiger partial charge in [0.25, 0.3) is 0 Å². The van der Waals surface area contributed by atoms with Crippen LogP contribution >= 0.6 is 11.8 Å². The number of benzene rings is 1. The minimum atomic E-state index is -0.452. The summed E-state index contributed by atoms with van der Waals surface area (Å²) in [7, 11) is 2.93. The zero-order valence-electron chi connectivity index (χ0n) is 15.8. The molecule has 8 heteroatoms. The molecule has 1 unspecified atom stereocenters. The minimum absolute atomic E-state index is 0.103. The minimum Gasteiger partial charge on any atom is -0.497 e. The third-order valence-corrected chi connectivity index (χ3v) is 5.38. The van der Waals surface area contributed by atoms with Gasteiger partial charge in [-0.25, -0.2) is 9.78 Å². The lowest BCUT2D eigenvalue weighted by Gasteiger charge is -2.08. The predicted molar refractivity (Wildman–Crippen MR) is 104 cm³/mol. The van der Waals surface area contributed by atoms with E-state index in [1.807, 2.05) is 25.1 Å². The number of Topliss-reactive ketones (excluding diaryl/α,β-unsaturated/α-hetero) is 1. The molecule has 1 aromatic carbocycles. The number of hydrogen-bond acceptors (Lipinski definition) is 6. The molecule has 2 N–H and O–H groups in total. The first-order valence-corrected chi connectivity index (χ1v) is 9.25. The van der Waals surface area contributed by atoms with Crippen LogP contribution in [0, 0.1) is 13.8 Å². The number of aromatic nitrogens is 3. The van der Waals surface area contributed by atoms with Gasteiger partial charge >= 0.3 is 5.97 Å². The smallest absolute Gasteiger partial charge is 0.339 e. The molecule has 0 bridgehead atoms. The van der Waals surface area contributed by atoms with Crippen molar-refractivity contribution in [1.29, 1.82) is 0 Å². The molecular weight excluding hydrogens is 366 g/mol. The number of ether oxygens (including phenoxy) is 2. The fraction of sp³-hybridized carbons (Fsp3) is 0.316. The van der Waals surface area contributed by atoms with Gasteiger partial charge in [-0.2, -0.15) is 0 Å². The number of hydrogen-bond donors (Lipinski definition) is 2. The van der Waals surface area contributed by atoms with Crippen LogP contribution < -0.4 is 4.74 Å². The molecule has 2 aromatic heterocycles. The normalized spacial score (nSPS) is 12.2. The number of nitrogens with zero attached hydrogens (tertiary/aromatic N) is 1. The maximum atomic E-state index is 12.9. The molecule has 1 atom stereocenters. The standard InChI is InChI=1S/C19H21N3O4S/c1-9-15(18(24)26-5)10(2)20-16(9)17(23)11(3)27-19-21-13-7-6-12(25-4)8-14(13)22-19/h6-8,11,20H,1-5H3,(H,21,22). The van der Waals surface area contributed by atoms with Gasteiger partial charge in [-0.1, -0.05) is 11.8 Å². The Balaban J connectivity index is 1.83. The average Bonchev–Trinajstić information content (AvgIpc) is 3.19. The molecule has 0 aliphatic rings. The van der Waals surface area contributed by atoms with Gasteiger partial charge in [0, 0.05) is 11.8 Å². The van der Waals surface area contributed by atoms with Crippen LogP contribution in [0.15, 0.2) is 23.4 Å². The summed E-state index contributed by atoms with van der Waals surface area (Å²) in [5.74, 6) is 0.181. The second kappa shape index (κ2) is 7.48. The Morgan fingerprint density at radius 1 is 1.19 bits per heavy atom. The molecule has 0 fully saturated rings. The Bertz CT molecular complexity index is 1020. The number of esters is 1. The van der Waals surface area contributed by atoms with Crippen molar-refractivity contribution in [3.05, 3.63) is 40.7 Å². The number of aryl methyl sites for hydroxylation is 1. The van der Waals surface area contributed by atoms with Crippen molar-refractivity contribution in [2.24, 2.45) is 0 Å². The van der Waals surface area contributed by atoms with E-state index in [4.69, 9.17) is 9.47 Å². The number of ketones is 1. The maximum Gasteiger partial charge on any atom is 0.339 e. The maximum absolute atomic E-state index is 12.9. The molecule has 0 aliphatic carbocycles. The summed E-state index contributed by atoms with van der Waals surface area (Å²) in [6.45, 7) is 5.31. The zero-order valence-corrected chi connectivity index (χ0v) is 16.6. The number of rotatable bonds is 6. The average molecular weight is 387 g/mol. The number of aromatic amines is 2. The van der Waals surface area contributed by atoms with Crippen LogP contribution in [0.2, 0.25) is 0 Å². The Hall–Kier alpha value is -2.74. The van der Waals surface area contributed by atoms with Crippen molar-refractivity contribution >= 4 is 34.5 Å². The molecule has 7 nitrogen and oxygen atoms in total. The van der Waals surface area contributed by atoms with Gasteiger partial charge in [0.15, 0.2) is 10.9 Å². The number of H-pyrrole nitrogens is 2. The molecular formula is C19H21N3O4S. The lowest BCUT2D eigenvalue weighted by atomic mass is 10.1. The Kier molecular flexibility index (Phi) is 5.27. The van der Waals surface area contributed by atoms with E-state index in [-0.39, 0.29) is 5.78 Å². The lowest BCUT2D eigenvalue weighted by molar-refractivity contribution is 0.0599. The van der Waals surface area contributed by atoms with E-state index in [1.165, 1.54) is 18.9 Å². The largest absolute Gasteiger partial charge is 0.497 e. The van der Waals surface area contributed by atoms with E-state index >= 15 is 0 Å². The van der Waals surface area contributed by atoms with Crippen molar-refractivity contribution < 1.29 is 19.1 Å². The summed E-state index contributed by atoms with van der Waals surface area (Å²) in [6, 6.07) is 5.56. The summed E-state index contributed by atoms with van der Waals surface area (Å²) in [6.07, 6.45) is 0. The van der Waals surface area contributed by atoms with Crippen molar-refractivity contribution in [1.82, 2.24) is 15.0 Å². The van der Waals surface area contributed by atoms with Crippen molar-refractivity contribution in [3.8, 4) is 5.75 Å². The molecule has 2 heterocycles. The Morgan fingerprint density at radius 2 is 1.93 bits per heavy atom. The molecule has 0 amide bonds. The highest BCUT2D eigenvalue weighted by atomic mass is 32.2. The van der Waals surface area contributed by atoms with Crippen molar-refractivity contribution in [2.45, 2.75) is 31.2 Å². The molecule has 3 aromatic rings. The van der Waals surface area contributed by atoms with Crippen LogP contribution in [0.1, 0.15) is 39.0 Å². The molecule has 27 heavy (non-hydrogen) atoms. The summed E-state index contributed by atoms with van der Waals surface area (Å²) in [4.78, 5) is 35.5. The number of methoxy groups -OCH3 is 2. The molecule has 0 spiro atoms. The molecule has 3 rings (SSSR count). The van der Waals surface area contributed by atoms with E-state index in [0.717, 1.165) is 16.8 Å². The first kappa shape index (κ1) is 19.0. The fourth-order valence-corrected chi connectivity index (χ4v) is 3.86. The number of imidazole rings is 1. The van der Waals surface area contributed by atoms with Gasteiger partial charge in [0.05, 0.1) is 41.8 Å². The fourth-order valence-electron chi connectivity index (χ4n) is 2.98. The third-order valence-electron chi connectivity index (χ3n) is 4.40. The van der Waals surface area contributed by atoms with E-state index in [0.29, 0.717) is 27.7 Å². The highest BCUT2D eigenvalue weighted by molar-refractivity contribution is 8.00. The summed E-state index contributed by atoms with van der Waals surface area (Å²) >= 11 is 1.33. The van der Waals surface area contributed by atoms with E-state index in [9.17, 15) is 9.59 Å². The van der Waals surface area contributed by atoms with Gasteiger partial charge in [0.1, 0.15) is 5.75 Å². The van der Waals surface area contributed by atoms with Crippen LogP contribution in [-0.4, -0.2) is 46.2 Å². The summed E-state index contributed by atoms with van der Waals surface area (Å²) < 4.78 is 10.0. The highest BCUT2D eigenvalue weighted by Crippen LogP contribution is 2.29. The number of nitrogens with one attached hydrogen (secondary N) is 2. The second-order valence-corrected chi connectivity index (χ2v) is 7.50. The first-order valence-electron chi connectivity index (χ1n) is 8.37. The van der Waals surface area contributed by atoms with E-state index in [2.05, 4.69) is 15.0 Å². The molecule has 142 valence electrons. The van der Waals surface area contributed by atoms with Crippen LogP contribution in [-0.2, 0) is 4.74 Å². The van der Waals surface area contributed by atoms with Crippen LogP contribution in [0.5, 0.6) is 5.75 Å². The topological polar surface area (TPSA) is 97.1 Å². The zero-order chi connectivity index (χ0) is 19.7. The SMILES string of the molecule is COC(=O)c1c(C)[nH]c(C(=O)C(C)Sc2nc3ccc(OC)cc3[nH]2)c1C. The van der Waals surface area contributed by atoms with Gasteiger partial charge in [-0.3, -0.25) is 4.79 Å². The number of thioether (sulfide) groups is 1. The Labute approximate surface area is 160 Å². The van der Waals surface area contributed by atoms with E-state index < -0.39 is 11.2 Å². The number of fused-ring (bicyclic) bond motifs is 1. The molecule has 0 saturated heterocycles. The van der Waals surface area contributed by atoms with Crippen molar-refractivity contribution in [3.63, 3.8) is 0 Å². The molecule has 0 aliphatic heterocycles. The van der Waals surface area contributed by atoms with Gasteiger partial charge in [0.2, 0.25) is 0 Å². The number of carbonyl (C=O) groups is 2. The Morgan fingerprint density at radius 3 is 2.59 bits per heavy atom. The van der Waals surface area contributed by atoms with Gasteiger partial charge < -0.3 is 19.4 Å². The quantitative estimate of drug-likeness (QED) is 0.381. The first-order chi connectivity index (χ1) is 12.8. The second-order valence-electron chi connectivity index (χ2n) is 6.17. The van der Waals surface area contributed by atoms with E-state index in [1.54, 1.807) is 21.0 Å². The van der Waals surface area contributed by atoms with Crippen LogP contribution in [0.25, 0.3) is 11.0 Å². The number of carbonyl (C=O) groups excluding carboxylic acids is 2. The van der Waals surface area contributed by atoms with Crippen LogP contribution in [0.3, 0.4) is 0 Å². The van der Waals surface area contributed by atoms with Gasteiger partial charge in [-0.05, 0) is 38.5 Å². The van der Waals surface area contributed by atoms with Gasteiger partial charge in [-0.15, -0.1) is 0 Å². The summed E-state index contributed by atoms with van der Waals surface area (Å²) in [5, 5.41) is 0.253. The lowest BCUT2D eigenvalue weighted by Crippen LogP contribution is -2.15. The van der Waals surface area contributed by atoms with Crippen LogP contribution in [0.4, 0.5) is 0 Å².